The average molecular weight is 372 g/mol. The number of rotatable bonds is 4. The number of nitrogens with zero attached hydrogens (tertiary/aromatic N) is 1. The van der Waals surface area contributed by atoms with Crippen LogP contribution in [0.3, 0.4) is 0 Å². The van der Waals surface area contributed by atoms with Crippen molar-refractivity contribution in [3.63, 3.8) is 0 Å². The zero-order valence-electron chi connectivity index (χ0n) is 14.0. The zero-order valence-corrected chi connectivity index (χ0v) is 14.8. The Bertz CT molecular complexity index is 924. The van der Waals surface area contributed by atoms with E-state index in [0.717, 1.165) is 23.3 Å². The fourth-order valence-electron chi connectivity index (χ4n) is 2.59. The maximum absolute atomic E-state index is 14.4. The second-order valence-corrected chi connectivity index (χ2v) is 6.42. The van der Waals surface area contributed by atoms with E-state index in [9.17, 15) is 13.6 Å². The summed E-state index contributed by atoms with van der Waals surface area (Å²) >= 11 is 5.87. The van der Waals surface area contributed by atoms with E-state index < -0.39 is 17.5 Å². The third-order valence-corrected chi connectivity index (χ3v) is 4.25. The van der Waals surface area contributed by atoms with Crippen LogP contribution in [0.2, 0.25) is 5.02 Å². The molecule has 26 heavy (non-hydrogen) atoms. The summed E-state index contributed by atoms with van der Waals surface area (Å²) < 4.78 is 27.6. The molecule has 3 aromatic rings. The second-order valence-electron chi connectivity index (χ2n) is 5.98. The molecule has 0 N–H and O–H groups in total. The summed E-state index contributed by atoms with van der Waals surface area (Å²) in [5.74, 6) is -1.88. The van der Waals surface area contributed by atoms with Gasteiger partial charge in [-0.2, -0.15) is 0 Å². The van der Waals surface area contributed by atoms with Crippen LogP contribution in [-0.4, -0.2) is 5.91 Å². The monoisotopic (exact) mass is 371 g/mol. The van der Waals surface area contributed by atoms with Gasteiger partial charge in [-0.05, 0) is 48.9 Å². The molecule has 0 heterocycles. The topological polar surface area (TPSA) is 20.3 Å². The van der Waals surface area contributed by atoms with E-state index in [1.165, 1.54) is 11.0 Å². The lowest BCUT2D eigenvalue weighted by Gasteiger charge is -2.24. The molecule has 0 aromatic heterocycles. The van der Waals surface area contributed by atoms with Gasteiger partial charge in [0.25, 0.3) is 5.91 Å². The fraction of sp³-hybridized carbons (Fsp3) is 0.0952. The number of amides is 1. The number of benzene rings is 3. The summed E-state index contributed by atoms with van der Waals surface area (Å²) in [6.45, 7) is 2.12. The van der Waals surface area contributed by atoms with Crippen molar-refractivity contribution in [2.24, 2.45) is 0 Å². The maximum atomic E-state index is 14.4. The Hall–Kier alpha value is -2.72. The lowest BCUT2D eigenvalue weighted by molar-refractivity contribution is 0.0984. The smallest absolute Gasteiger partial charge is 0.258 e. The van der Waals surface area contributed by atoms with E-state index in [2.05, 4.69) is 0 Å². The first-order chi connectivity index (χ1) is 12.4. The Labute approximate surface area is 155 Å². The van der Waals surface area contributed by atoms with Crippen LogP contribution in [0.1, 0.15) is 21.5 Å². The quantitative estimate of drug-likeness (QED) is 0.569. The van der Waals surface area contributed by atoms with Gasteiger partial charge in [-0.15, -0.1) is 0 Å². The van der Waals surface area contributed by atoms with Crippen LogP contribution in [0.5, 0.6) is 0 Å². The number of carbonyl (C=O) groups excluding carboxylic acids is 1. The molecule has 5 heteroatoms. The molecule has 3 aromatic carbocycles. The molecule has 0 atom stereocenters. The van der Waals surface area contributed by atoms with Crippen LogP contribution < -0.4 is 4.90 Å². The van der Waals surface area contributed by atoms with E-state index in [1.54, 1.807) is 24.3 Å². The van der Waals surface area contributed by atoms with Crippen molar-refractivity contribution >= 4 is 23.2 Å². The van der Waals surface area contributed by atoms with Crippen molar-refractivity contribution in [2.45, 2.75) is 13.5 Å². The molecule has 0 aliphatic heterocycles. The van der Waals surface area contributed by atoms with Crippen LogP contribution in [0.15, 0.2) is 66.7 Å². The second kappa shape index (κ2) is 7.67. The van der Waals surface area contributed by atoms with Crippen molar-refractivity contribution < 1.29 is 13.6 Å². The minimum Gasteiger partial charge on any atom is -0.301 e. The van der Waals surface area contributed by atoms with Crippen molar-refractivity contribution in [1.82, 2.24) is 0 Å². The van der Waals surface area contributed by atoms with Gasteiger partial charge in [0.2, 0.25) is 0 Å². The van der Waals surface area contributed by atoms with Gasteiger partial charge in [-0.3, -0.25) is 4.79 Å². The minimum absolute atomic E-state index is 0.0203. The normalized spacial score (nSPS) is 10.6. The summed E-state index contributed by atoms with van der Waals surface area (Å²) in [6.07, 6.45) is 0. The van der Waals surface area contributed by atoms with E-state index in [0.29, 0.717) is 10.6 Å². The van der Waals surface area contributed by atoms with Crippen molar-refractivity contribution in [3.8, 4) is 0 Å². The number of anilines is 1. The van der Waals surface area contributed by atoms with Crippen molar-refractivity contribution in [1.29, 1.82) is 0 Å². The van der Waals surface area contributed by atoms with Gasteiger partial charge in [-0.1, -0.05) is 41.4 Å². The van der Waals surface area contributed by atoms with E-state index in [-0.39, 0.29) is 12.2 Å². The van der Waals surface area contributed by atoms with Crippen LogP contribution in [0.25, 0.3) is 0 Å². The van der Waals surface area contributed by atoms with Gasteiger partial charge in [0.1, 0.15) is 11.6 Å². The van der Waals surface area contributed by atoms with Crippen LogP contribution in [0.4, 0.5) is 14.5 Å². The molecule has 132 valence electrons. The summed E-state index contributed by atoms with van der Waals surface area (Å²) in [6, 6.07) is 17.1. The Morgan fingerprint density at radius 2 is 1.62 bits per heavy atom. The van der Waals surface area contributed by atoms with Gasteiger partial charge >= 0.3 is 0 Å². The Balaban J connectivity index is 2.01. The molecular weight excluding hydrogens is 356 g/mol. The Morgan fingerprint density at radius 1 is 0.962 bits per heavy atom. The lowest BCUT2D eigenvalue weighted by atomic mass is 10.1. The highest BCUT2D eigenvalue weighted by Gasteiger charge is 2.21. The molecular formula is C21H16ClF2NO. The first-order valence-corrected chi connectivity index (χ1v) is 8.40. The predicted molar refractivity (Wildman–Crippen MR) is 99.5 cm³/mol. The third-order valence-electron chi connectivity index (χ3n) is 4.00. The molecule has 0 radical (unpaired) electrons. The molecule has 0 saturated heterocycles. The van der Waals surface area contributed by atoms with Gasteiger partial charge in [0.05, 0.1) is 12.2 Å². The Morgan fingerprint density at radius 3 is 2.23 bits per heavy atom. The van der Waals surface area contributed by atoms with Crippen LogP contribution in [-0.2, 0) is 6.54 Å². The number of hydrogen-bond acceptors (Lipinski definition) is 1. The highest BCUT2D eigenvalue weighted by molar-refractivity contribution is 6.30. The minimum atomic E-state index is -0.792. The van der Waals surface area contributed by atoms with E-state index in [4.69, 9.17) is 11.6 Å². The summed E-state index contributed by atoms with van der Waals surface area (Å²) in [5, 5.41) is 0.500. The molecule has 2 nitrogen and oxygen atoms in total. The van der Waals surface area contributed by atoms with Crippen molar-refractivity contribution in [2.75, 3.05) is 4.90 Å². The molecule has 0 aliphatic rings. The number of halogens is 3. The molecule has 1 amide bonds. The van der Waals surface area contributed by atoms with E-state index in [1.807, 2.05) is 31.2 Å². The number of hydrogen-bond donors (Lipinski definition) is 0. The first-order valence-electron chi connectivity index (χ1n) is 8.02. The fourth-order valence-corrected chi connectivity index (χ4v) is 2.72. The zero-order chi connectivity index (χ0) is 18.7. The van der Waals surface area contributed by atoms with E-state index >= 15 is 0 Å². The lowest BCUT2D eigenvalue weighted by Crippen LogP contribution is -2.31. The highest BCUT2D eigenvalue weighted by Crippen LogP contribution is 2.25. The van der Waals surface area contributed by atoms with Crippen LogP contribution in [0, 0.1) is 18.6 Å². The predicted octanol–water partition coefficient (Wildman–Crippen LogP) is 5.77. The Kier molecular flexibility index (Phi) is 5.33. The molecule has 0 unspecified atom stereocenters. The van der Waals surface area contributed by atoms with Gasteiger partial charge < -0.3 is 4.90 Å². The summed E-state index contributed by atoms with van der Waals surface area (Å²) in [7, 11) is 0. The van der Waals surface area contributed by atoms with Crippen molar-refractivity contribution in [3.05, 3.63) is 100 Å². The van der Waals surface area contributed by atoms with Gasteiger partial charge in [-0.25, -0.2) is 8.78 Å². The number of aryl methyl sites for hydroxylation is 1. The molecule has 3 rings (SSSR count). The molecule has 0 fully saturated rings. The standard InChI is InChI=1S/C21H16ClF2NO/c1-14-2-4-15(5-3-14)13-25(20-11-10-18(23)12-19(20)24)21(26)16-6-8-17(22)9-7-16/h2-12H,13H2,1H3. The van der Waals surface area contributed by atoms with Gasteiger partial charge in [0, 0.05) is 16.7 Å². The number of carbonyl (C=O) groups is 1. The largest absolute Gasteiger partial charge is 0.301 e. The molecule has 0 saturated carbocycles. The summed E-state index contributed by atoms with van der Waals surface area (Å²) in [5.41, 5.74) is 2.30. The highest BCUT2D eigenvalue weighted by atomic mass is 35.5. The van der Waals surface area contributed by atoms with Gasteiger partial charge in [0.15, 0.2) is 0 Å². The third kappa shape index (κ3) is 4.09. The van der Waals surface area contributed by atoms with Crippen LogP contribution >= 0.6 is 11.6 Å². The first kappa shape index (κ1) is 18.1. The maximum Gasteiger partial charge on any atom is 0.258 e. The summed E-state index contributed by atoms with van der Waals surface area (Å²) in [4.78, 5) is 14.3. The molecule has 0 aliphatic carbocycles. The molecule has 0 spiro atoms. The SMILES string of the molecule is Cc1ccc(CN(C(=O)c2ccc(Cl)cc2)c2ccc(F)cc2F)cc1. The molecule has 0 bridgehead atoms. The average Bonchev–Trinajstić information content (AvgIpc) is 2.62.